The Balaban J connectivity index is 0.00000133. The fourth-order valence-electron chi connectivity index (χ4n) is 2.94. The molecule has 1 aromatic rings. The number of aryl methyl sites for hydroxylation is 1. The number of nitrogens with zero attached hydrogens (tertiary/aromatic N) is 1. The van der Waals surface area contributed by atoms with Crippen molar-refractivity contribution in [1.29, 1.82) is 0 Å². The van der Waals surface area contributed by atoms with Gasteiger partial charge in [-0.3, -0.25) is 4.99 Å². The standard InChI is InChI=1S/C15H21N3.HI/c1-2-8-14-12(5-1)6-3-7-13(14)11-18-15-16-9-4-10-17-15;/h1-2,5,8,13H,3-4,6-7,9-11H2,(H2,16,17,18);1H. The van der Waals surface area contributed by atoms with Crippen molar-refractivity contribution in [2.24, 2.45) is 4.99 Å². The lowest BCUT2D eigenvalue weighted by molar-refractivity contribution is 0.537. The molecule has 0 aromatic heterocycles. The van der Waals surface area contributed by atoms with Gasteiger partial charge in [-0.25, -0.2) is 0 Å². The molecule has 3 nitrogen and oxygen atoms in total. The first kappa shape index (κ1) is 14.6. The first-order valence-electron chi connectivity index (χ1n) is 7.03. The molecule has 1 unspecified atom stereocenters. The van der Waals surface area contributed by atoms with E-state index in [1.807, 2.05) is 0 Å². The van der Waals surface area contributed by atoms with Crippen LogP contribution in [0.25, 0.3) is 0 Å². The van der Waals surface area contributed by atoms with Crippen molar-refractivity contribution in [2.45, 2.75) is 31.6 Å². The molecule has 1 aliphatic carbocycles. The van der Waals surface area contributed by atoms with Gasteiger partial charge in [-0.2, -0.15) is 0 Å². The summed E-state index contributed by atoms with van der Waals surface area (Å²) in [6, 6.07) is 8.88. The Morgan fingerprint density at radius 1 is 1.26 bits per heavy atom. The molecule has 3 rings (SSSR count). The van der Waals surface area contributed by atoms with Gasteiger partial charge < -0.3 is 10.6 Å². The van der Waals surface area contributed by atoms with Gasteiger partial charge in [0.05, 0.1) is 0 Å². The Bertz CT molecular complexity index is 445. The van der Waals surface area contributed by atoms with Crippen LogP contribution in [0.5, 0.6) is 0 Å². The summed E-state index contributed by atoms with van der Waals surface area (Å²) in [5.74, 6) is 1.63. The molecule has 1 aliphatic heterocycles. The van der Waals surface area contributed by atoms with E-state index in [4.69, 9.17) is 0 Å². The summed E-state index contributed by atoms with van der Waals surface area (Å²) in [5.41, 5.74) is 3.07. The third kappa shape index (κ3) is 3.61. The molecule has 0 bridgehead atoms. The van der Waals surface area contributed by atoms with Gasteiger partial charge in [-0.1, -0.05) is 24.3 Å². The second-order valence-electron chi connectivity index (χ2n) is 5.18. The van der Waals surface area contributed by atoms with Gasteiger partial charge in [0.25, 0.3) is 0 Å². The van der Waals surface area contributed by atoms with Crippen LogP contribution in [0.1, 0.15) is 36.3 Å². The highest BCUT2D eigenvalue weighted by atomic mass is 127. The largest absolute Gasteiger partial charge is 0.356 e. The summed E-state index contributed by atoms with van der Waals surface area (Å²) < 4.78 is 0. The summed E-state index contributed by atoms with van der Waals surface area (Å²) >= 11 is 0. The second kappa shape index (κ2) is 7.12. The number of halogens is 1. The van der Waals surface area contributed by atoms with E-state index in [-0.39, 0.29) is 24.0 Å². The molecule has 19 heavy (non-hydrogen) atoms. The van der Waals surface area contributed by atoms with Gasteiger partial charge in [0.1, 0.15) is 0 Å². The summed E-state index contributed by atoms with van der Waals surface area (Å²) in [6.07, 6.45) is 4.99. The van der Waals surface area contributed by atoms with E-state index in [1.165, 1.54) is 30.4 Å². The minimum atomic E-state index is 0. The number of nitrogens with one attached hydrogen (secondary N) is 2. The summed E-state index contributed by atoms with van der Waals surface area (Å²) in [7, 11) is 0. The van der Waals surface area contributed by atoms with Crippen molar-refractivity contribution in [3.63, 3.8) is 0 Å². The zero-order valence-electron chi connectivity index (χ0n) is 11.2. The maximum atomic E-state index is 4.46. The number of hydrogen-bond acceptors (Lipinski definition) is 3. The number of aliphatic imine (C=N–C) groups is 1. The number of rotatable bonds is 2. The molecular formula is C15H22IN3. The molecule has 0 saturated carbocycles. The van der Waals surface area contributed by atoms with Crippen molar-refractivity contribution >= 4 is 29.9 Å². The molecule has 4 heteroatoms. The molecule has 1 heterocycles. The number of hydrogen-bond donors (Lipinski definition) is 2. The maximum absolute atomic E-state index is 4.46. The van der Waals surface area contributed by atoms with E-state index in [9.17, 15) is 0 Å². The van der Waals surface area contributed by atoms with Crippen LogP contribution in [-0.4, -0.2) is 25.6 Å². The highest BCUT2D eigenvalue weighted by Crippen LogP contribution is 2.30. The predicted octanol–water partition coefficient (Wildman–Crippen LogP) is 2.66. The minimum Gasteiger partial charge on any atom is -0.356 e. The zero-order valence-corrected chi connectivity index (χ0v) is 13.5. The molecule has 2 aliphatic rings. The maximum Gasteiger partial charge on any atom is 0.191 e. The first-order chi connectivity index (χ1) is 8.93. The van der Waals surface area contributed by atoms with Gasteiger partial charge >= 0.3 is 0 Å². The Morgan fingerprint density at radius 2 is 2.16 bits per heavy atom. The van der Waals surface area contributed by atoms with Crippen LogP contribution in [0.4, 0.5) is 0 Å². The predicted molar refractivity (Wildman–Crippen MR) is 90.5 cm³/mol. The van der Waals surface area contributed by atoms with E-state index < -0.39 is 0 Å². The lowest BCUT2D eigenvalue weighted by atomic mass is 9.83. The lowest BCUT2D eigenvalue weighted by Gasteiger charge is -2.27. The lowest BCUT2D eigenvalue weighted by Crippen LogP contribution is -2.42. The number of fused-ring (bicyclic) bond motifs is 1. The monoisotopic (exact) mass is 371 g/mol. The highest BCUT2D eigenvalue weighted by molar-refractivity contribution is 14.0. The molecule has 1 aromatic carbocycles. The summed E-state index contributed by atoms with van der Waals surface area (Å²) in [5, 5.41) is 6.79. The van der Waals surface area contributed by atoms with Crippen LogP contribution in [0.3, 0.4) is 0 Å². The molecule has 0 radical (unpaired) electrons. The number of benzene rings is 1. The van der Waals surface area contributed by atoms with Crippen LogP contribution < -0.4 is 10.6 Å². The Labute approximate surface area is 132 Å². The van der Waals surface area contributed by atoms with Gasteiger partial charge in [0.15, 0.2) is 5.96 Å². The van der Waals surface area contributed by atoms with Crippen LogP contribution in [-0.2, 0) is 6.42 Å². The fraction of sp³-hybridized carbons (Fsp3) is 0.533. The van der Waals surface area contributed by atoms with Gasteiger partial charge in [-0.05, 0) is 36.8 Å². The van der Waals surface area contributed by atoms with Gasteiger partial charge in [0, 0.05) is 25.6 Å². The van der Waals surface area contributed by atoms with E-state index in [0.717, 1.165) is 32.0 Å². The quantitative estimate of drug-likeness (QED) is 0.785. The van der Waals surface area contributed by atoms with Crippen molar-refractivity contribution in [2.75, 3.05) is 19.6 Å². The topological polar surface area (TPSA) is 36.4 Å². The average Bonchev–Trinajstić information content (AvgIpc) is 2.46. The molecule has 0 fully saturated rings. The van der Waals surface area contributed by atoms with E-state index in [0.29, 0.717) is 5.92 Å². The third-order valence-corrected chi connectivity index (χ3v) is 3.91. The molecule has 0 spiro atoms. The highest BCUT2D eigenvalue weighted by Gasteiger charge is 2.19. The Hall–Kier alpha value is -0.780. The van der Waals surface area contributed by atoms with Crippen molar-refractivity contribution in [1.82, 2.24) is 10.6 Å². The van der Waals surface area contributed by atoms with Crippen molar-refractivity contribution in [3.05, 3.63) is 35.4 Å². The van der Waals surface area contributed by atoms with Crippen LogP contribution in [0, 0.1) is 0 Å². The average molecular weight is 371 g/mol. The van der Waals surface area contributed by atoms with E-state index >= 15 is 0 Å². The van der Waals surface area contributed by atoms with E-state index in [1.54, 1.807) is 0 Å². The molecule has 0 saturated heterocycles. The van der Waals surface area contributed by atoms with Gasteiger partial charge in [0.2, 0.25) is 0 Å². The summed E-state index contributed by atoms with van der Waals surface area (Å²) in [6.45, 7) is 3.01. The number of guanidine groups is 1. The smallest absolute Gasteiger partial charge is 0.191 e. The molecule has 0 amide bonds. The van der Waals surface area contributed by atoms with Crippen LogP contribution in [0.2, 0.25) is 0 Å². The second-order valence-corrected chi connectivity index (χ2v) is 5.18. The third-order valence-electron chi connectivity index (χ3n) is 3.91. The van der Waals surface area contributed by atoms with E-state index in [2.05, 4.69) is 39.9 Å². The van der Waals surface area contributed by atoms with Gasteiger partial charge in [-0.15, -0.1) is 24.0 Å². The summed E-state index contributed by atoms with van der Waals surface area (Å²) in [4.78, 5) is 4.46. The van der Waals surface area contributed by atoms with Crippen molar-refractivity contribution in [3.8, 4) is 0 Å². The molecule has 2 N–H and O–H groups in total. The Morgan fingerprint density at radius 3 is 3.00 bits per heavy atom. The van der Waals surface area contributed by atoms with Crippen LogP contribution in [0.15, 0.2) is 29.3 Å². The molecule has 104 valence electrons. The minimum absolute atomic E-state index is 0. The van der Waals surface area contributed by atoms with Crippen LogP contribution >= 0.6 is 24.0 Å². The van der Waals surface area contributed by atoms with Crippen molar-refractivity contribution < 1.29 is 0 Å². The molecule has 1 atom stereocenters. The Kier molecular flexibility index (Phi) is 5.48. The zero-order chi connectivity index (χ0) is 12.2. The normalized spacial score (nSPS) is 21.5. The SMILES string of the molecule is I.c1ccc2c(c1)CCCC2CNC1=NCCCN1. The first-order valence-corrected chi connectivity index (χ1v) is 7.03. The fourth-order valence-corrected chi connectivity index (χ4v) is 2.94. The molecular weight excluding hydrogens is 349 g/mol.